The number of fused-ring (bicyclic) bond motifs is 1. The highest BCUT2D eigenvalue weighted by molar-refractivity contribution is 9.10. The van der Waals surface area contributed by atoms with Crippen molar-refractivity contribution in [2.24, 2.45) is 0 Å². The van der Waals surface area contributed by atoms with E-state index in [0.717, 1.165) is 21.5 Å². The number of halogens is 1. The Hall–Kier alpha value is -0.940. The fourth-order valence-corrected chi connectivity index (χ4v) is 2.12. The Labute approximate surface area is 86.3 Å². The molecule has 0 spiro atoms. The minimum atomic E-state index is -0.925. The van der Waals surface area contributed by atoms with Crippen molar-refractivity contribution in [2.75, 3.05) is 0 Å². The zero-order chi connectivity index (χ0) is 9.42. The molecule has 13 heavy (non-hydrogen) atoms. The van der Waals surface area contributed by atoms with Gasteiger partial charge in [-0.15, -0.1) is 0 Å². The number of carbonyl (C=O) groups is 1. The highest BCUT2D eigenvalue weighted by Gasteiger charge is 2.12. The van der Waals surface area contributed by atoms with E-state index in [1.165, 1.54) is 0 Å². The van der Waals surface area contributed by atoms with Crippen molar-refractivity contribution in [3.63, 3.8) is 0 Å². The van der Waals surface area contributed by atoms with Gasteiger partial charge in [0.2, 0.25) is 0 Å². The molecule has 0 saturated heterocycles. The summed E-state index contributed by atoms with van der Waals surface area (Å²) in [5, 5.41) is 9.50. The van der Waals surface area contributed by atoms with Gasteiger partial charge in [-0.25, -0.2) is 4.79 Å². The van der Waals surface area contributed by atoms with E-state index < -0.39 is 5.97 Å². The fraction of sp³-hybridized carbons (Fsp3) is 0. The zero-order valence-corrected chi connectivity index (χ0v) is 8.72. The van der Waals surface area contributed by atoms with Crippen LogP contribution in [0.15, 0.2) is 22.7 Å². The number of hydrogen-bond acceptors (Lipinski definition) is 3. The molecule has 1 aromatic carbocycles. The quantitative estimate of drug-likeness (QED) is 0.855. The molecule has 1 N–H and O–H groups in total. The lowest BCUT2D eigenvalue weighted by atomic mass is 10.2. The molecule has 0 fully saturated rings. The summed E-state index contributed by atoms with van der Waals surface area (Å²) in [6, 6.07) is 5.40. The average Bonchev–Trinajstić information content (AvgIpc) is 2.46. The molecular formula is C8H4BrNO2S. The predicted molar refractivity (Wildman–Crippen MR) is 54.3 cm³/mol. The summed E-state index contributed by atoms with van der Waals surface area (Å²) in [5.41, 5.74) is 0.727. The van der Waals surface area contributed by atoms with E-state index in [2.05, 4.69) is 20.3 Å². The summed E-state index contributed by atoms with van der Waals surface area (Å²) in [6.45, 7) is 0. The summed E-state index contributed by atoms with van der Waals surface area (Å²) in [7, 11) is 0. The van der Waals surface area contributed by atoms with Crippen LogP contribution in [0, 0.1) is 0 Å². The summed E-state index contributed by atoms with van der Waals surface area (Å²) < 4.78 is 4.88. The molecule has 0 aliphatic carbocycles. The van der Waals surface area contributed by atoms with Crippen molar-refractivity contribution < 1.29 is 9.90 Å². The minimum Gasteiger partial charge on any atom is -0.477 e. The van der Waals surface area contributed by atoms with Gasteiger partial charge in [0.25, 0.3) is 0 Å². The molecule has 66 valence electrons. The van der Waals surface area contributed by atoms with Crippen molar-refractivity contribution in [3.8, 4) is 0 Å². The van der Waals surface area contributed by atoms with Gasteiger partial charge >= 0.3 is 5.97 Å². The van der Waals surface area contributed by atoms with E-state index in [-0.39, 0.29) is 4.88 Å². The van der Waals surface area contributed by atoms with E-state index in [4.69, 9.17) is 5.11 Å². The van der Waals surface area contributed by atoms with E-state index >= 15 is 0 Å². The van der Waals surface area contributed by atoms with Crippen molar-refractivity contribution in [1.29, 1.82) is 0 Å². The molecule has 1 aromatic heterocycles. The molecule has 0 saturated carbocycles. The molecule has 1 heterocycles. The maximum atomic E-state index is 10.7. The fourth-order valence-electron chi connectivity index (χ4n) is 1.07. The van der Waals surface area contributed by atoms with Crippen LogP contribution in [0.5, 0.6) is 0 Å². The van der Waals surface area contributed by atoms with Crippen LogP contribution in [0.2, 0.25) is 0 Å². The molecule has 0 atom stereocenters. The number of aromatic nitrogens is 1. The second kappa shape index (κ2) is 3.08. The van der Waals surface area contributed by atoms with Crippen molar-refractivity contribution in [2.45, 2.75) is 0 Å². The van der Waals surface area contributed by atoms with Crippen LogP contribution in [0.25, 0.3) is 10.9 Å². The lowest BCUT2D eigenvalue weighted by molar-refractivity contribution is 0.0704. The molecule has 2 rings (SSSR count). The van der Waals surface area contributed by atoms with E-state index in [1.54, 1.807) is 12.1 Å². The first-order chi connectivity index (χ1) is 6.18. The van der Waals surface area contributed by atoms with Gasteiger partial charge < -0.3 is 5.11 Å². The molecule has 3 nitrogen and oxygen atoms in total. The van der Waals surface area contributed by atoms with Crippen LogP contribution < -0.4 is 0 Å². The second-order valence-electron chi connectivity index (χ2n) is 2.48. The topological polar surface area (TPSA) is 50.2 Å². The maximum Gasteiger partial charge on any atom is 0.348 e. The van der Waals surface area contributed by atoms with Crippen molar-refractivity contribution in [1.82, 2.24) is 4.37 Å². The Morgan fingerprint density at radius 2 is 2.31 bits per heavy atom. The number of aromatic carboxylic acids is 1. The van der Waals surface area contributed by atoms with Gasteiger partial charge in [-0.3, -0.25) is 0 Å². The molecule has 5 heteroatoms. The van der Waals surface area contributed by atoms with E-state index in [1.807, 2.05) is 6.07 Å². The van der Waals surface area contributed by atoms with Crippen molar-refractivity contribution >= 4 is 44.3 Å². The second-order valence-corrected chi connectivity index (χ2v) is 4.17. The monoisotopic (exact) mass is 257 g/mol. The van der Waals surface area contributed by atoms with Gasteiger partial charge in [0.15, 0.2) is 0 Å². The highest BCUT2D eigenvalue weighted by Crippen LogP contribution is 2.25. The Morgan fingerprint density at radius 3 is 3.00 bits per heavy atom. The van der Waals surface area contributed by atoms with Gasteiger partial charge in [0, 0.05) is 9.86 Å². The van der Waals surface area contributed by atoms with E-state index in [9.17, 15) is 4.79 Å². The molecule has 2 aromatic rings. The number of benzene rings is 1. The van der Waals surface area contributed by atoms with Crippen molar-refractivity contribution in [3.05, 3.63) is 27.5 Å². The first-order valence-corrected chi connectivity index (χ1v) is 5.03. The molecule has 0 unspecified atom stereocenters. The number of nitrogens with zero attached hydrogens (tertiary/aromatic N) is 1. The maximum absolute atomic E-state index is 10.7. The molecule has 0 radical (unpaired) electrons. The SMILES string of the molecule is O=C(O)c1snc2ccc(Br)cc12. The smallest absolute Gasteiger partial charge is 0.348 e. The third-order valence-electron chi connectivity index (χ3n) is 1.63. The molecule has 0 bridgehead atoms. The third-order valence-corrected chi connectivity index (χ3v) is 2.99. The summed E-state index contributed by atoms with van der Waals surface area (Å²) >= 11 is 4.29. The van der Waals surface area contributed by atoms with Crippen LogP contribution in [0.1, 0.15) is 9.67 Å². The largest absolute Gasteiger partial charge is 0.477 e. The normalized spacial score (nSPS) is 10.5. The molecular weight excluding hydrogens is 254 g/mol. The van der Waals surface area contributed by atoms with E-state index in [0.29, 0.717) is 5.39 Å². The molecule has 0 aliphatic rings. The Kier molecular flexibility index (Phi) is 2.05. The minimum absolute atomic E-state index is 0.288. The Balaban J connectivity index is 2.79. The standard InChI is InChI=1S/C8H4BrNO2S/c9-4-1-2-6-5(3-4)7(8(11)12)13-10-6/h1-3H,(H,11,12). The van der Waals surface area contributed by atoms with Crippen LogP contribution in [-0.4, -0.2) is 15.4 Å². The first-order valence-electron chi connectivity index (χ1n) is 3.47. The first kappa shape index (κ1) is 8.65. The lowest BCUT2D eigenvalue weighted by Gasteiger charge is -1.91. The molecule has 0 aliphatic heterocycles. The number of rotatable bonds is 1. The predicted octanol–water partition coefficient (Wildman–Crippen LogP) is 2.76. The van der Waals surface area contributed by atoms with Crippen LogP contribution in [0.3, 0.4) is 0 Å². The number of carboxylic acid groups (broad SMARTS) is 1. The average molecular weight is 258 g/mol. The Bertz CT molecular complexity index is 480. The highest BCUT2D eigenvalue weighted by atomic mass is 79.9. The van der Waals surface area contributed by atoms with Crippen LogP contribution in [0.4, 0.5) is 0 Å². The summed E-state index contributed by atoms with van der Waals surface area (Å²) in [4.78, 5) is 11.0. The van der Waals surface area contributed by atoms with Gasteiger partial charge in [0.05, 0.1) is 5.52 Å². The van der Waals surface area contributed by atoms with Crippen LogP contribution >= 0.6 is 27.5 Å². The van der Waals surface area contributed by atoms with Gasteiger partial charge in [-0.2, -0.15) is 4.37 Å². The summed E-state index contributed by atoms with van der Waals surface area (Å²) in [5.74, 6) is -0.925. The Morgan fingerprint density at radius 1 is 1.54 bits per heavy atom. The number of hydrogen-bond donors (Lipinski definition) is 1. The number of carboxylic acids is 1. The summed E-state index contributed by atoms with van der Waals surface area (Å²) in [6.07, 6.45) is 0. The zero-order valence-electron chi connectivity index (χ0n) is 6.32. The molecule has 0 amide bonds. The van der Waals surface area contributed by atoms with Gasteiger partial charge in [-0.1, -0.05) is 15.9 Å². The van der Waals surface area contributed by atoms with Gasteiger partial charge in [-0.05, 0) is 29.7 Å². The van der Waals surface area contributed by atoms with Crippen LogP contribution in [-0.2, 0) is 0 Å². The third kappa shape index (κ3) is 1.45. The van der Waals surface area contributed by atoms with Gasteiger partial charge in [0.1, 0.15) is 4.88 Å². The lowest BCUT2D eigenvalue weighted by Crippen LogP contribution is -1.91.